The van der Waals surface area contributed by atoms with Crippen LogP contribution in [0, 0.1) is 13.8 Å². The molecule has 2 rings (SSSR count). The highest BCUT2D eigenvalue weighted by Gasteiger charge is 2.24. The van der Waals surface area contributed by atoms with Gasteiger partial charge >= 0.3 is 0 Å². The minimum Gasteiger partial charge on any atom is -0.236 e. The third-order valence-electron chi connectivity index (χ3n) is 4.07. The van der Waals surface area contributed by atoms with Gasteiger partial charge in [-0.05, 0) is 32.4 Å². The molecule has 0 aliphatic carbocycles. The van der Waals surface area contributed by atoms with E-state index >= 15 is 0 Å². The molecule has 6 heteroatoms. The number of aromatic nitrogens is 2. The van der Waals surface area contributed by atoms with Gasteiger partial charge in [-0.2, -0.15) is 5.10 Å². The number of benzene rings is 1. The molecule has 5 nitrogen and oxygen atoms in total. The largest absolute Gasteiger partial charge is 0.244 e. The van der Waals surface area contributed by atoms with Crippen molar-refractivity contribution in [3.8, 4) is 5.69 Å². The predicted molar refractivity (Wildman–Crippen MR) is 97.0 cm³/mol. The summed E-state index contributed by atoms with van der Waals surface area (Å²) >= 11 is 0. The monoisotopic (exact) mass is 349 g/mol. The van der Waals surface area contributed by atoms with Crippen LogP contribution in [0.3, 0.4) is 0 Å². The van der Waals surface area contributed by atoms with E-state index in [9.17, 15) is 8.42 Å². The van der Waals surface area contributed by atoms with Crippen LogP contribution in [-0.4, -0.2) is 24.7 Å². The van der Waals surface area contributed by atoms with Crippen LogP contribution in [0.1, 0.15) is 50.4 Å². The molecule has 0 saturated heterocycles. The summed E-state index contributed by atoms with van der Waals surface area (Å²) in [5, 5.41) is 4.41. The molecule has 2 aromatic rings. The maximum atomic E-state index is 12.6. The molecule has 0 radical (unpaired) electrons. The first kappa shape index (κ1) is 18.7. The molecule has 132 valence electrons. The minimum atomic E-state index is -3.53. The van der Waals surface area contributed by atoms with Crippen LogP contribution in [0.25, 0.3) is 5.69 Å². The SMILES string of the molecule is CCCCCCCNS(=O)(=O)c1c(C)nn(-c2ccccc2)c1C. The molecule has 0 fully saturated rings. The third-order valence-corrected chi connectivity index (χ3v) is 5.78. The summed E-state index contributed by atoms with van der Waals surface area (Å²) in [5.41, 5.74) is 2.02. The van der Waals surface area contributed by atoms with Crippen LogP contribution in [0.5, 0.6) is 0 Å². The molecule has 1 aromatic carbocycles. The molecule has 0 aliphatic heterocycles. The van der Waals surface area contributed by atoms with Gasteiger partial charge in [0.1, 0.15) is 4.90 Å². The fourth-order valence-corrected chi connectivity index (χ4v) is 4.31. The standard InChI is InChI=1S/C18H27N3O2S/c1-4-5-6-7-11-14-19-24(22,23)18-15(2)20-21(16(18)3)17-12-9-8-10-13-17/h8-10,12-13,19H,4-7,11,14H2,1-3H3. The molecule has 0 amide bonds. The Balaban J connectivity index is 2.12. The lowest BCUT2D eigenvalue weighted by Crippen LogP contribution is -2.25. The highest BCUT2D eigenvalue weighted by molar-refractivity contribution is 7.89. The molecule has 1 aromatic heterocycles. The van der Waals surface area contributed by atoms with Crippen molar-refractivity contribution in [2.75, 3.05) is 6.54 Å². The lowest BCUT2D eigenvalue weighted by molar-refractivity contribution is 0.569. The summed E-state index contributed by atoms with van der Waals surface area (Å²) in [5.74, 6) is 0. The first-order valence-corrected chi connectivity index (χ1v) is 10.1. The number of sulfonamides is 1. The van der Waals surface area contributed by atoms with Gasteiger partial charge < -0.3 is 0 Å². The average Bonchev–Trinajstić information content (AvgIpc) is 2.87. The molecule has 0 bridgehead atoms. The van der Waals surface area contributed by atoms with E-state index in [-0.39, 0.29) is 0 Å². The van der Waals surface area contributed by atoms with E-state index in [0.717, 1.165) is 24.9 Å². The molecule has 1 N–H and O–H groups in total. The van der Waals surface area contributed by atoms with Gasteiger partial charge in [0.25, 0.3) is 0 Å². The quantitative estimate of drug-likeness (QED) is 0.702. The van der Waals surface area contributed by atoms with E-state index in [1.807, 2.05) is 30.3 Å². The van der Waals surface area contributed by atoms with Crippen molar-refractivity contribution < 1.29 is 8.42 Å². The first-order chi connectivity index (χ1) is 11.5. The first-order valence-electron chi connectivity index (χ1n) is 8.58. The fourth-order valence-electron chi connectivity index (χ4n) is 2.85. The van der Waals surface area contributed by atoms with Crippen molar-refractivity contribution in [2.24, 2.45) is 0 Å². The fraction of sp³-hybridized carbons (Fsp3) is 0.500. The summed E-state index contributed by atoms with van der Waals surface area (Å²) in [4.78, 5) is 0.292. The van der Waals surface area contributed by atoms with Crippen molar-refractivity contribution in [2.45, 2.75) is 57.8 Å². The molecule has 0 unspecified atom stereocenters. The molecule has 24 heavy (non-hydrogen) atoms. The molecular formula is C18H27N3O2S. The average molecular weight is 350 g/mol. The highest BCUT2D eigenvalue weighted by Crippen LogP contribution is 2.22. The van der Waals surface area contributed by atoms with Crippen molar-refractivity contribution in [1.29, 1.82) is 0 Å². The van der Waals surface area contributed by atoms with Gasteiger partial charge in [0, 0.05) is 6.54 Å². The van der Waals surface area contributed by atoms with Gasteiger partial charge in [-0.15, -0.1) is 0 Å². The second-order valence-corrected chi connectivity index (χ2v) is 7.76. The number of para-hydroxylation sites is 1. The zero-order valence-corrected chi connectivity index (χ0v) is 15.6. The summed E-state index contributed by atoms with van der Waals surface area (Å²) in [6.07, 6.45) is 5.46. The molecule has 0 aliphatic rings. The topological polar surface area (TPSA) is 64.0 Å². The zero-order valence-electron chi connectivity index (χ0n) is 14.7. The lowest BCUT2D eigenvalue weighted by atomic mass is 10.2. The maximum absolute atomic E-state index is 12.6. The van der Waals surface area contributed by atoms with E-state index in [1.54, 1.807) is 18.5 Å². The van der Waals surface area contributed by atoms with Crippen LogP contribution < -0.4 is 4.72 Å². The number of unbranched alkanes of at least 4 members (excludes halogenated alkanes) is 4. The van der Waals surface area contributed by atoms with Gasteiger partial charge in [0.05, 0.1) is 17.1 Å². The Kier molecular flexibility index (Phi) is 6.57. The van der Waals surface area contributed by atoms with Crippen molar-refractivity contribution in [1.82, 2.24) is 14.5 Å². The van der Waals surface area contributed by atoms with Gasteiger partial charge in [-0.25, -0.2) is 17.8 Å². The Morgan fingerprint density at radius 1 is 1.04 bits per heavy atom. The second kappa shape index (κ2) is 8.44. The number of rotatable bonds is 9. The van der Waals surface area contributed by atoms with Crippen LogP contribution in [0.2, 0.25) is 0 Å². The molecule has 0 atom stereocenters. The van der Waals surface area contributed by atoms with E-state index in [2.05, 4.69) is 16.7 Å². The van der Waals surface area contributed by atoms with Crippen molar-refractivity contribution in [3.05, 3.63) is 41.7 Å². The van der Waals surface area contributed by atoms with Crippen LogP contribution >= 0.6 is 0 Å². The number of nitrogens with one attached hydrogen (secondary N) is 1. The second-order valence-electron chi connectivity index (χ2n) is 6.06. The molecular weight excluding hydrogens is 322 g/mol. The molecule has 0 spiro atoms. The normalized spacial score (nSPS) is 11.8. The van der Waals surface area contributed by atoms with Gasteiger partial charge in [-0.3, -0.25) is 0 Å². The van der Waals surface area contributed by atoms with Crippen LogP contribution in [0.4, 0.5) is 0 Å². The minimum absolute atomic E-state index is 0.292. The van der Waals surface area contributed by atoms with E-state index in [4.69, 9.17) is 0 Å². The van der Waals surface area contributed by atoms with E-state index < -0.39 is 10.0 Å². The molecule has 0 saturated carbocycles. The molecule has 1 heterocycles. The Morgan fingerprint density at radius 3 is 2.38 bits per heavy atom. The summed E-state index contributed by atoms with van der Waals surface area (Å²) in [6, 6.07) is 9.57. The lowest BCUT2D eigenvalue weighted by Gasteiger charge is -2.08. The highest BCUT2D eigenvalue weighted by atomic mass is 32.2. The summed E-state index contributed by atoms with van der Waals surface area (Å²) in [6.45, 7) is 6.17. The summed E-state index contributed by atoms with van der Waals surface area (Å²) in [7, 11) is -3.53. The zero-order chi connectivity index (χ0) is 17.6. The van der Waals surface area contributed by atoms with Crippen LogP contribution in [0.15, 0.2) is 35.2 Å². The van der Waals surface area contributed by atoms with Gasteiger partial charge in [-0.1, -0.05) is 50.8 Å². The van der Waals surface area contributed by atoms with Crippen molar-refractivity contribution in [3.63, 3.8) is 0 Å². The van der Waals surface area contributed by atoms with Crippen LogP contribution in [-0.2, 0) is 10.0 Å². The Labute approximate surface area is 145 Å². The number of hydrogen-bond donors (Lipinski definition) is 1. The smallest absolute Gasteiger partial charge is 0.236 e. The predicted octanol–water partition coefficient (Wildman–Crippen LogP) is 3.74. The van der Waals surface area contributed by atoms with E-state index in [1.165, 1.54) is 12.8 Å². The van der Waals surface area contributed by atoms with Crippen molar-refractivity contribution >= 4 is 10.0 Å². The van der Waals surface area contributed by atoms with Gasteiger partial charge in [0.15, 0.2) is 0 Å². The number of aryl methyl sites for hydroxylation is 1. The Morgan fingerprint density at radius 2 is 1.71 bits per heavy atom. The number of hydrogen-bond acceptors (Lipinski definition) is 3. The summed E-state index contributed by atoms with van der Waals surface area (Å²) < 4.78 is 29.7. The van der Waals surface area contributed by atoms with Gasteiger partial charge in [0.2, 0.25) is 10.0 Å². The van der Waals surface area contributed by atoms with E-state index in [0.29, 0.717) is 22.8 Å². The Bertz CT molecular complexity index is 752. The number of nitrogens with zero attached hydrogens (tertiary/aromatic N) is 2. The maximum Gasteiger partial charge on any atom is 0.244 e. The third kappa shape index (κ3) is 4.45. The Hall–Kier alpha value is -1.66.